The second kappa shape index (κ2) is 17.8. The zero-order valence-corrected chi connectivity index (χ0v) is 23.4. The fraction of sp³-hybridized carbons (Fsp3) is 0.500. The molecule has 200 valence electrons. The molecule has 0 aliphatic carbocycles. The first kappa shape index (κ1) is 29.0. The van der Waals surface area contributed by atoms with Crippen LogP contribution in [0.25, 0.3) is 22.3 Å². The standard InChI is InChI=1S/C36H50O/c1-2-3-4-5-6-7-8-9-10-11-12-13-14-15-16-19-24-31-29-34(32-25-20-17-21-26-32)36(37)35(30-31)33-27-22-18-23-28-33/h17-18,20-23,25-30,37H,2-16,19,24H2,1H3. The number of unbranched alkanes of at least 4 members (excludes halogenated alkanes) is 15. The second-order valence-electron chi connectivity index (χ2n) is 10.8. The highest BCUT2D eigenvalue weighted by Gasteiger charge is 2.13. The van der Waals surface area contributed by atoms with E-state index in [4.69, 9.17) is 0 Å². The van der Waals surface area contributed by atoms with Crippen molar-refractivity contribution in [2.75, 3.05) is 0 Å². The molecule has 0 saturated carbocycles. The van der Waals surface area contributed by atoms with E-state index < -0.39 is 0 Å². The van der Waals surface area contributed by atoms with Crippen LogP contribution in [0.15, 0.2) is 72.8 Å². The number of hydrogen-bond acceptors (Lipinski definition) is 1. The monoisotopic (exact) mass is 498 g/mol. The van der Waals surface area contributed by atoms with Gasteiger partial charge in [0, 0.05) is 11.1 Å². The first-order valence-corrected chi connectivity index (χ1v) is 15.3. The lowest BCUT2D eigenvalue weighted by atomic mass is 9.92. The summed E-state index contributed by atoms with van der Waals surface area (Å²) in [5.74, 6) is 0.383. The first-order chi connectivity index (χ1) is 18.3. The van der Waals surface area contributed by atoms with Gasteiger partial charge in [0.15, 0.2) is 0 Å². The minimum absolute atomic E-state index is 0.383. The number of hydrogen-bond donors (Lipinski definition) is 1. The lowest BCUT2D eigenvalue weighted by molar-refractivity contribution is 0.479. The topological polar surface area (TPSA) is 20.2 Å². The van der Waals surface area contributed by atoms with Crippen LogP contribution >= 0.6 is 0 Å². The lowest BCUT2D eigenvalue weighted by Crippen LogP contribution is -1.92. The Kier molecular flexibility index (Phi) is 14.0. The van der Waals surface area contributed by atoms with E-state index >= 15 is 0 Å². The number of phenols is 1. The molecule has 0 aliphatic rings. The maximum absolute atomic E-state index is 11.1. The van der Waals surface area contributed by atoms with Gasteiger partial charge in [-0.15, -0.1) is 0 Å². The Morgan fingerprint density at radius 2 is 0.811 bits per heavy atom. The lowest BCUT2D eigenvalue weighted by Gasteiger charge is -2.14. The van der Waals surface area contributed by atoms with Gasteiger partial charge in [0.05, 0.1) is 0 Å². The average Bonchev–Trinajstić information content (AvgIpc) is 2.94. The Hall–Kier alpha value is -2.54. The van der Waals surface area contributed by atoms with Crippen molar-refractivity contribution in [2.45, 2.75) is 116 Å². The maximum Gasteiger partial charge on any atom is 0.131 e. The van der Waals surface area contributed by atoms with Crippen molar-refractivity contribution in [1.29, 1.82) is 0 Å². The molecule has 0 unspecified atom stereocenters. The predicted molar refractivity (Wildman–Crippen MR) is 162 cm³/mol. The Balaban J connectivity index is 1.35. The Labute approximate surface area is 227 Å². The molecule has 0 aliphatic heterocycles. The minimum Gasteiger partial charge on any atom is -0.507 e. The Morgan fingerprint density at radius 3 is 1.19 bits per heavy atom. The van der Waals surface area contributed by atoms with Crippen LogP contribution in [0.3, 0.4) is 0 Å². The van der Waals surface area contributed by atoms with Crippen LogP contribution in [0.2, 0.25) is 0 Å². The smallest absolute Gasteiger partial charge is 0.131 e. The van der Waals surface area contributed by atoms with Crippen LogP contribution in [0, 0.1) is 0 Å². The highest BCUT2D eigenvalue weighted by atomic mass is 16.3. The summed E-state index contributed by atoms with van der Waals surface area (Å²) in [5, 5.41) is 11.1. The summed E-state index contributed by atoms with van der Waals surface area (Å²) in [5.41, 5.74) is 5.35. The van der Waals surface area contributed by atoms with E-state index in [0.717, 1.165) is 28.7 Å². The largest absolute Gasteiger partial charge is 0.507 e. The number of benzene rings is 3. The number of rotatable bonds is 19. The van der Waals surface area contributed by atoms with Gasteiger partial charge in [-0.05, 0) is 41.7 Å². The van der Waals surface area contributed by atoms with Crippen LogP contribution < -0.4 is 0 Å². The van der Waals surface area contributed by atoms with Crippen molar-refractivity contribution >= 4 is 0 Å². The molecule has 3 rings (SSSR count). The van der Waals surface area contributed by atoms with E-state index in [1.54, 1.807) is 0 Å². The second-order valence-corrected chi connectivity index (χ2v) is 10.8. The molecular weight excluding hydrogens is 448 g/mol. The van der Waals surface area contributed by atoms with Gasteiger partial charge in [0.2, 0.25) is 0 Å². The molecule has 1 nitrogen and oxygen atoms in total. The summed E-state index contributed by atoms with van der Waals surface area (Å²) in [6.45, 7) is 2.29. The van der Waals surface area contributed by atoms with Crippen molar-refractivity contribution in [3.05, 3.63) is 78.4 Å². The molecule has 3 aromatic rings. The molecule has 0 atom stereocenters. The van der Waals surface area contributed by atoms with Gasteiger partial charge in [-0.2, -0.15) is 0 Å². The van der Waals surface area contributed by atoms with E-state index in [1.165, 1.54) is 108 Å². The molecule has 0 radical (unpaired) electrons. The summed E-state index contributed by atoms with van der Waals surface area (Å²) in [7, 11) is 0. The van der Waals surface area contributed by atoms with Gasteiger partial charge in [-0.25, -0.2) is 0 Å². The highest BCUT2D eigenvalue weighted by molar-refractivity contribution is 5.82. The van der Waals surface area contributed by atoms with Crippen LogP contribution in [0.1, 0.15) is 115 Å². The van der Waals surface area contributed by atoms with Gasteiger partial charge in [0.1, 0.15) is 5.75 Å². The molecular formula is C36H50O. The van der Waals surface area contributed by atoms with Gasteiger partial charge in [0.25, 0.3) is 0 Å². The summed E-state index contributed by atoms with van der Waals surface area (Å²) in [6.07, 6.45) is 23.4. The third-order valence-electron chi connectivity index (χ3n) is 7.66. The molecule has 37 heavy (non-hydrogen) atoms. The molecule has 0 aromatic heterocycles. The van der Waals surface area contributed by atoms with E-state index in [0.29, 0.717) is 5.75 Å². The fourth-order valence-electron chi connectivity index (χ4n) is 5.39. The summed E-state index contributed by atoms with van der Waals surface area (Å²) in [6, 6.07) is 25.0. The van der Waals surface area contributed by atoms with Crippen molar-refractivity contribution in [3.63, 3.8) is 0 Å². The van der Waals surface area contributed by atoms with Crippen LogP contribution in [-0.4, -0.2) is 5.11 Å². The third kappa shape index (κ3) is 10.8. The van der Waals surface area contributed by atoms with E-state index in [1.807, 2.05) is 36.4 Å². The van der Waals surface area contributed by atoms with E-state index in [-0.39, 0.29) is 0 Å². The van der Waals surface area contributed by atoms with Crippen LogP contribution in [-0.2, 0) is 6.42 Å². The molecule has 3 aromatic carbocycles. The zero-order valence-electron chi connectivity index (χ0n) is 23.4. The van der Waals surface area contributed by atoms with Gasteiger partial charge >= 0.3 is 0 Å². The van der Waals surface area contributed by atoms with E-state index in [2.05, 4.69) is 43.3 Å². The number of aromatic hydroxyl groups is 1. The molecule has 0 bridgehead atoms. The first-order valence-electron chi connectivity index (χ1n) is 15.3. The number of phenolic OH excluding ortho intramolecular Hbond substituents is 1. The van der Waals surface area contributed by atoms with Crippen molar-refractivity contribution in [2.24, 2.45) is 0 Å². The Bertz CT molecular complexity index is 916. The summed E-state index contributed by atoms with van der Waals surface area (Å²) in [4.78, 5) is 0. The zero-order chi connectivity index (χ0) is 26.0. The fourth-order valence-corrected chi connectivity index (χ4v) is 5.39. The summed E-state index contributed by atoms with van der Waals surface area (Å²) < 4.78 is 0. The van der Waals surface area contributed by atoms with Crippen LogP contribution in [0.5, 0.6) is 5.75 Å². The molecule has 0 saturated heterocycles. The summed E-state index contributed by atoms with van der Waals surface area (Å²) >= 11 is 0. The highest BCUT2D eigenvalue weighted by Crippen LogP contribution is 2.39. The molecule has 1 heteroatoms. The molecule has 0 amide bonds. The predicted octanol–water partition coefficient (Wildman–Crippen LogP) is 11.5. The average molecular weight is 499 g/mol. The van der Waals surface area contributed by atoms with Gasteiger partial charge < -0.3 is 5.11 Å². The number of aryl methyl sites for hydroxylation is 1. The van der Waals surface area contributed by atoms with Crippen molar-refractivity contribution in [1.82, 2.24) is 0 Å². The molecule has 0 spiro atoms. The third-order valence-corrected chi connectivity index (χ3v) is 7.66. The van der Waals surface area contributed by atoms with E-state index in [9.17, 15) is 5.11 Å². The van der Waals surface area contributed by atoms with Crippen LogP contribution in [0.4, 0.5) is 0 Å². The van der Waals surface area contributed by atoms with Gasteiger partial charge in [-0.1, -0.05) is 164 Å². The SMILES string of the molecule is CCCCCCCCCCCCCCCCCCc1cc(-c2ccccc2)c(O)c(-c2ccccc2)c1. The molecule has 1 N–H and O–H groups in total. The maximum atomic E-state index is 11.1. The van der Waals surface area contributed by atoms with Crippen molar-refractivity contribution < 1.29 is 5.11 Å². The van der Waals surface area contributed by atoms with Gasteiger partial charge in [-0.3, -0.25) is 0 Å². The Morgan fingerprint density at radius 1 is 0.459 bits per heavy atom. The minimum atomic E-state index is 0.383. The van der Waals surface area contributed by atoms with Crippen molar-refractivity contribution in [3.8, 4) is 28.0 Å². The normalized spacial score (nSPS) is 11.2. The quantitative estimate of drug-likeness (QED) is 0.163. The molecule has 0 heterocycles. The molecule has 0 fully saturated rings.